The van der Waals surface area contributed by atoms with Gasteiger partial charge in [-0.3, -0.25) is 0 Å². The molecule has 0 rings (SSSR count). The van der Waals surface area contributed by atoms with Gasteiger partial charge < -0.3 is 10.2 Å². The van der Waals surface area contributed by atoms with E-state index in [0.717, 1.165) is 0 Å². The van der Waals surface area contributed by atoms with E-state index in [-0.39, 0.29) is 72.5 Å². The number of carboxylic acid groups (broad SMARTS) is 2. The molecule has 6 heteroatoms. The molecular weight excluding hydrogens is 154 g/mol. The SMILES string of the molecule is O=C(O)O.[AlH3].[AlH3].[CaH2]. The second-order valence-electron chi connectivity index (χ2n) is 0.283. The molecular formula is CH10Al2CaO3. The molecule has 0 bridgehead atoms. The van der Waals surface area contributed by atoms with Crippen LogP contribution in [0, 0.1) is 0 Å². The summed E-state index contributed by atoms with van der Waals surface area (Å²) >= 11 is 0. The molecule has 40 valence electrons. The Kier molecular flexibility index (Phi) is 52.5. The van der Waals surface area contributed by atoms with Gasteiger partial charge in [0.1, 0.15) is 0 Å². The van der Waals surface area contributed by atoms with E-state index in [9.17, 15) is 0 Å². The van der Waals surface area contributed by atoms with Crippen molar-refractivity contribution in [2.45, 2.75) is 0 Å². The van der Waals surface area contributed by atoms with Crippen LogP contribution in [0.1, 0.15) is 0 Å². The average Bonchev–Trinajstić information content (AvgIpc) is 0.811. The standard InChI is InChI=1S/CH2O3.2Al.Ca.8H/c2-1(3)4;;;;;;;;;;;/h(H2,2,3,4);;;;;;;;;;;. The van der Waals surface area contributed by atoms with Crippen LogP contribution in [-0.2, 0) is 0 Å². The first-order valence-electron chi connectivity index (χ1n) is 0.651. The Morgan fingerprint density at radius 1 is 1.14 bits per heavy atom. The zero-order valence-electron chi connectivity index (χ0n) is 1.80. The molecule has 2 N–H and O–H groups in total. The summed E-state index contributed by atoms with van der Waals surface area (Å²) in [6.45, 7) is 0. The molecule has 0 saturated carbocycles. The molecule has 0 heterocycles. The predicted octanol–water partition coefficient (Wildman–Crippen LogP) is -3.06. The Balaban J connectivity index is -0.0000000150. The Hall–Kier alpha value is 1.59. The van der Waals surface area contributed by atoms with Gasteiger partial charge in [0.25, 0.3) is 0 Å². The number of hydrogen-bond acceptors (Lipinski definition) is 1. The number of rotatable bonds is 0. The molecule has 0 fully saturated rings. The molecule has 0 aliphatic carbocycles. The quantitative estimate of drug-likeness (QED) is 0.374. The average molecular weight is 164 g/mol. The Morgan fingerprint density at radius 3 is 1.14 bits per heavy atom. The van der Waals surface area contributed by atoms with Gasteiger partial charge in [-0.1, -0.05) is 0 Å². The Labute approximate surface area is 92.4 Å². The Bertz CT molecular complexity index is 35.9. The molecule has 0 spiro atoms. The third kappa shape index (κ3) is 93.5. The second-order valence-corrected chi connectivity index (χ2v) is 0.283. The van der Waals surface area contributed by atoms with E-state index >= 15 is 0 Å². The topological polar surface area (TPSA) is 57.5 Å². The van der Waals surface area contributed by atoms with E-state index in [1.165, 1.54) is 0 Å². The third-order valence-electron chi connectivity index (χ3n) is 0. The van der Waals surface area contributed by atoms with Crippen molar-refractivity contribution in [3.63, 3.8) is 0 Å². The maximum atomic E-state index is 8.56. The van der Waals surface area contributed by atoms with Gasteiger partial charge in [0.2, 0.25) is 0 Å². The van der Waals surface area contributed by atoms with Crippen LogP contribution in [0.15, 0.2) is 0 Å². The zero-order valence-corrected chi connectivity index (χ0v) is 1.80. The van der Waals surface area contributed by atoms with Crippen molar-refractivity contribution in [1.82, 2.24) is 0 Å². The molecule has 0 radical (unpaired) electrons. The van der Waals surface area contributed by atoms with Crippen LogP contribution < -0.4 is 0 Å². The van der Waals surface area contributed by atoms with Crippen LogP contribution in [0.4, 0.5) is 4.79 Å². The minimum atomic E-state index is -1.83. The maximum absolute atomic E-state index is 8.56. The first kappa shape index (κ1) is 23.5. The third-order valence-corrected chi connectivity index (χ3v) is 0. The van der Waals surface area contributed by atoms with Crippen molar-refractivity contribution in [1.29, 1.82) is 0 Å². The summed E-state index contributed by atoms with van der Waals surface area (Å²) in [4.78, 5) is 8.56. The van der Waals surface area contributed by atoms with Gasteiger partial charge in [0, 0.05) is 0 Å². The molecule has 0 atom stereocenters. The fourth-order valence-corrected chi connectivity index (χ4v) is 0. The minimum absolute atomic E-state index is 0. The summed E-state index contributed by atoms with van der Waals surface area (Å²) in [5.41, 5.74) is 0. The normalized spacial score (nSPS) is 3.43. The van der Waals surface area contributed by atoms with Crippen molar-refractivity contribution in [3.05, 3.63) is 0 Å². The van der Waals surface area contributed by atoms with E-state index in [4.69, 9.17) is 15.0 Å². The van der Waals surface area contributed by atoms with Crippen molar-refractivity contribution in [2.24, 2.45) is 0 Å². The van der Waals surface area contributed by atoms with Gasteiger partial charge in [-0.05, 0) is 0 Å². The van der Waals surface area contributed by atoms with Gasteiger partial charge in [-0.25, -0.2) is 4.79 Å². The van der Waals surface area contributed by atoms with Crippen LogP contribution in [0.5, 0.6) is 0 Å². The first-order valence-corrected chi connectivity index (χ1v) is 0.651. The fraction of sp³-hybridized carbons (Fsp3) is 0. The first-order chi connectivity index (χ1) is 1.73. The second kappa shape index (κ2) is 15.6. The van der Waals surface area contributed by atoms with Crippen LogP contribution in [0.2, 0.25) is 0 Å². The van der Waals surface area contributed by atoms with E-state index in [2.05, 4.69) is 0 Å². The van der Waals surface area contributed by atoms with Crippen molar-refractivity contribution in [3.8, 4) is 0 Å². The monoisotopic (exact) mass is 164 g/mol. The van der Waals surface area contributed by atoms with Gasteiger partial charge in [0.05, 0.1) is 0 Å². The van der Waals surface area contributed by atoms with Crippen LogP contribution in [-0.4, -0.2) is 88.8 Å². The molecule has 0 aromatic carbocycles. The molecule has 7 heavy (non-hydrogen) atoms. The van der Waals surface area contributed by atoms with Crippen LogP contribution in [0.25, 0.3) is 0 Å². The number of hydrogen-bond donors (Lipinski definition) is 2. The van der Waals surface area contributed by atoms with Gasteiger partial charge in [0.15, 0.2) is 34.7 Å². The molecule has 3 nitrogen and oxygen atoms in total. The predicted molar refractivity (Wildman–Crippen MR) is 39.1 cm³/mol. The van der Waals surface area contributed by atoms with E-state index in [0.29, 0.717) is 0 Å². The fourth-order valence-electron chi connectivity index (χ4n) is 0. The zero-order chi connectivity index (χ0) is 3.58. The van der Waals surface area contributed by atoms with Crippen molar-refractivity contribution >= 4 is 78.6 Å². The van der Waals surface area contributed by atoms with Gasteiger partial charge >= 0.3 is 43.9 Å². The summed E-state index contributed by atoms with van der Waals surface area (Å²) in [6.07, 6.45) is -1.83. The molecule has 0 aliphatic rings. The molecule has 0 aromatic heterocycles. The van der Waals surface area contributed by atoms with E-state index in [1.807, 2.05) is 0 Å². The summed E-state index contributed by atoms with van der Waals surface area (Å²) < 4.78 is 0. The molecule has 0 aliphatic heterocycles. The van der Waals surface area contributed by atoms with Crippen LogP contribution in [0.3, 0.4) is 0 Å². The van der Waals surface area contributed by atoms with Gasteiger partial charge in [-0.2, -0.15) is 0 Å². The summed E-state index contributed by atoms with van der Waals surface area (Å²) in [6, 6.07) is 0. The van der Waals surface area contributed by atoms with Crippen molar-refractivity contribution < 1.29 is 15.0 Å². The Morgan fingerprint density at radius 2 is 1.14 bits per heavy atom. The van der Waals surface area contributed by atoms with E-state index < -0.39 is 6.16 Å². The molecule has 0 saturated heterocycles. The van der Waals surface area contributed by atoms with Gasteiger partial charge in [-0.15, -0.1) is 0 Å². The molecule has 0 aromatic rings. The molecule has 0 amide bonds. The summed E-state index contributed by atoms with van der Waals surface area (Å²) in [5.74, 6) is 0. The summed E-state index contributed by atoms with van der Waals surface area (Å²) in [5, 5.41) is 13.9. The van der Waals surface area contributed by atoms with Crippen LogP contribution >= 0.6 is 0 Å². The van der Waals surface area contributed by atoms with E-state index in [1.54, 1.807) is 0 Å². The number of carbonyl (C=O) groups is 1. The van der Waals surface area contributed by atoms with Crippen molar-refractivity contribution in [2.75, 3.05) is 0 Å². The summed E-state index contributed by atoms with van der Waals surface area (Å²) in [7, 11) is 0. The molecule has 0 unspecified atom stereocenters.